The van der Waals surface area contributed by atoms with Gasteiger partial charge in [-0.1, -0.05) is 17.4 Å². The van der Waals surface area contributed by atoms with Crippen molar-refractivity contribution in [3.63, 3.8) is 0 Å². The first-order chi connectivity index (χ1) is 11.5. The van der Waals surface area contributed by atoms with Crippen LogP contribution in [0.1, 0.15) is 18.2 Å². The Morgan fingerprint density at radius 3 is 2.71 bits per heavy atom. The highest BCUT2D eigenvalue weighted by Gasteiger charge is 2.12. The molecule has 0 bridgehead atoms. The highest BCUT2D eigenvalue weighted by Crippen LogP contribution is 2.32. The molecule has 6 nitrogen and oxygen atoms in total. The molecule has 0 fully saturated rings. The lowest BCUT2D eigenvalue weighted by Crippen LogP contribution is -2.04. The van der Waals surface area contributed by atoms with Crippen LogP contribution in [-0.4, -0.2) is 20.9 Å². The number of anilines is 3. The highest BCUT2D eigenvalue weighted by molar-refractivity contribution is 7.19. The maximum absolute atomic E-state index is 11.2. The third-order valence-corrected chi connectivity index (χ3v) is 4.33. The van der Waals surface area contributed by atoms with E-state index in [2.05, 4.69) is 25.6 Å². The normalized spacial score (nSPS) is 10.5. The average molecular weight is 339 g/mol. The molecule has 3 aromatic rings. The molecule has 0 aromatic carbocycles. The Morgan fingerprint density at radius 1 is 1.12 bits per heavy atom. The van der Waals surface area contributed by atoms with E-state index in [1.807, 2.05) is 44.2 Å². The quantitative estimate of drug-likeness (QED) is 0.753. The van der Waals surface area contributed by atoms with Gasteiger partial charge >= 0.3 is 0 Å². The van der Waals surface area contributed by atoms with Crippen molar-refractivity contribution in [3.05, 3.63) is 47.8 Å². The number of carbonyl (C=O) groups excluding carboxylic acids is 1. The van der Waals surface area contributed by atoms with Gasteiger partial charge in [-0.15, -0.1) is 0 Å². The van der Waals surface area contributed by atoms with Gasteiger partial charge in [-0.05, 0) is 43.7 Å². The van der Waals surface area contributed by atoms with E-state index in [0.717, 1.165) is 27.6 Å². The van der Waals surface area contributed by atoms with Crippen molar-refractivity contribution in [3.8, 4) is 10.6 Å². The summed E-state index contributed by atoms with van der Waals surface area (Å²) in [6.45, 7) is 5.38. The fourth-order valence-corrected chi connectivity index (χ4v) is 3.19. The largest absolute Gasteiger partial charge is 0.325 e. The molecule has 3 heterocycles. The van der Waals surface area contributed by atoms with Gasteiger partial charge in [0, 0.05) is 13.1 Å². The molecule has 0 spiro atoms. The summed E-state index contributed by atoms with van der Waals surface area (Å²) in [5.41, 5.74) is 2.77. The Bertz CT molecular complexity index is 890. The molecule has 1 amide bonds. The summed E-state index contributed by atoms with van der Waals surface area (Å²) in [7, 11) is 0. The monoisotopic (exact) mass is 339 g/mol. The third-order valence-electron chi connectivity index (χ3n) is 3.23. The SMILES string of the molecule is CC(=O)Nc1nc(C)c(-c2cccc(Nc3cc(C)ccn3)n2)s1. The van der Waals surface area contributed by atoms with E-state index in [1.165, 1.54) is 18.3 Å². The summed E-state index contributed by atoms with van der Waals surface area (Å²) >= 11 is 1.41. The molecule has 0 radical (unpaired) electrons. The molecular weight excluding hydrogens is 322 g/mol. The second-order valence-corrected chi connectivity index (χ2v) is 6.37. The fraction of sp³-hybridized carbons (Fsp3) is 0.176. The number of nitrogens with zero attached hydrogens (tertiary/aromatic N) is 3. The van der Waals surface area contributed by atoms with Gasteiger partial charge in [0.1, 0.15) is 11.6 Å². The molecule has 0 saturated heterocycles. The van der Waals surface area contributed by atoms with Crippen molar-refractivity contribution in [2.45, 2.75) is 20.8 Å². The van der Waals surface area contributed by atoms with Gasteiger partial charge in [0.05, 0.1) is 16.3 Å². The van der Waals surface area contributed by atoms with Crippen LogP contribution >= 0.6 is 11.3 Å². The van der Waals surface area contributed by atoms with Gasteiger partial charge < -0.3 is 10.6 Å². The predicted molar refractivity (Wildman–Crippen MR) is 96.6 cm³/mol. The molecule has 0 saturated carbocycles. The topological polar surface area (TPSA) is 79.8 Å². The summed E-state index contributed by atoms with van der Waals surface area (Å²) < 4.78 is 0. The third kappa shape index (κ3) is 3.75. The van der Waals surface area contributed by atoms with Crippen LogP contribution < -0.4 is 10.6 Å². The van der Waals surface area contributed by atoms with Crippen LogP contribution in [0.3, 0.4) is 0 Å². The van der Waals surface area contributed by atoms with E-state index in [1.54, 1.807) is 6.20 Å². The van der Waals surface area contributed by atoms with Crippen molar-refractivity contribution in [1.29, 1.82) is 0 Å². The Kier molecular flexibility index (Phi) is 4.52. The first kappa shape index (κ1) is 16.1. The van der Waals surface area contributed by atoms with Crippen LogP contribution in [0.5, 0.6) is 0 Å². The lowest BCUT2D eigenvalue weighted by Gasteiger charge is -2.07. The van der Waals surface area contributed by atoms with Gasteiger partial charge in [0.25, 0.3) is 0 Å². The molecule has 2 N–H and O–H groups in total. The maximum Gasteiger partial charge on any atom is 0.223 e. The fourth-order valence-electron chi connectivity index (χ4n) is 2.20. The molecule has 3 rings (SSSR count). The van der Waals surface area contributed by atoms with Crippen LogP contribution in [0.25, 0.3) is 10.6 Å². The predicted octanol–water partition coefficient (Wildman–Crippen LogP) is 3.92. The van der Waals surface area contributed by atoms with Crippen molar-refractivity contribution < 1.29 is 4.79 Å². The highest BCUT2D eigenvalue weighted by atomic mass is 32.1. The molecule has 0 aliphatic heterocycles. The van der Waals surface area contributed by atoms with E-state index < -0.39 is 0 Å². The number of pyridine rings is 2. The maximum atomic E-state index is 11.2. The van der Waals surface area contributed by atoms with Crippen molar-refractivity contribution >= 4 is 34.0 Å². The minimum absolute atomic E-state index is 0.135. The van der Waals surface area contributed by atoms with Gasteiger partial charge in [0.2, 0.25) is 5.91 Å². The molecule has 0 aliphatic rings. The van der Waals surface area contributed by atoms with Crippen LogP contribution in [-0.2, 0) is 4.79 Å². The molecule has 0 atom stereocenters. The van der Waals surface area contributed by atoms with Crippen LogP contribution in [0.2, 0.25) is 0 Å². The van der Waals surface area contributed by atoms with E-state index in [4.69, 9.17) is 0 Å². The Balaban J connectivity index is 1.88. The molecule has 7 heteroatoms. The van der Waals surface area contributed by atoms with E-state index in [0.29, 0.717) is 10.9 Å². The van der Waals surface area contributed by atoms with Gasteiger partial charge in [-0.3, -0.25) is 4.79 Å². The Labute approximate surface area is 144 Å². The molecule has 24 heavy (non-hydrogen) atoms. The first-order valence-corrected chi connectivity index (χ1v) is 8.25. The Morgan fingerprint density at radius 2 is 1.96 bits per heavy atom. The van der Waals surface area contributed by atoms with Crippen LogP contribution in [0.15, 0.2) is 36.5 Å². The Hall–Kier alpha value is -2.80. The number of carbonyl (C=O) groups is 1. The molecule has 3 aromatic heterocycles. The number of rotatable bonds is 4. The summed E-state index contributed by atoms with van der Waals surface area (Å²) in [4.78, 5) is 25.4. The first-order valence-electron chi connectivity index (χ1n) is 7.43. The van der Waals surface area contributed by atoms with Crippen LogP contribution in [0.4, 0.5) is 16.8 Å². The minimum atomic E-state index is -0.135. The van der Waals surface area contributed by atoms with Gasteiger partial charge in [-0.25, -0.2) is 15.0 Å². The summed E-state index contributed by atoms with van der Waals surface area (Å²) in [6, 6.07) is 9.64. The van der Waals surface area contributed by atoms with Gasteiger partial charge in [0.15, 0.2) is 5.13 Å². The zero-order chi connectivity index (χ0) is 17.1. The molecule has 0 aliphatic carbocycles. The number of nitrogens with one attached hydrogen (secondary N) is 2. The number of hydrogen-bond acceptors (Lipinski definition) is 6. The van der Waals surface area contributed by atoms with Gasteiger partial charge in [-0.2, -0.15) is 0 Å². The molecule has 0 unspecified atom stereocenters. The summed E-state index contributed by atoms with van der Waals surface area (Å²) in [6.07, 6.45) is 1.76. The number of hydrogen-bond donors (Lipinski definition) is 2. The van der Waals surface area contributed by atoms with E-state index in [9.17, 15) is 4.79 Å². The lowest BCUT2D eigenvalue weighted by molar-refractivity contribution is -0.114. The minimum Gasteiger partial charge on any atom is -0.325 e. The molecule has 122 valence electrons. The van der Waals surface area contributed by atoms with E-state index in [-0.39, 0.29) is 5.91 Å². The average Bonchev–Trinajstić information content (AvgIpc) is 2.87. The second kappa shape index (κ2) is 6.76. The van der Waals surface area contributed by atoms with Crippen molar-refractivity contribution in [1.82, 2.24) is 15.0 Å². The number of amides is 1. The van der Waals surface area contributed by atoms with E-state index >= 15 is 0 Å². The smallest absolute Gasteiger partial charge is 0.223 e. The zero-order valence-corrected chi connectivity index (χ0v) is 14.4. The second-order valence-electron chi connectivity index (χ2n) is 5.37. The number of aromatic nitrogens is 3. The standard InChI is InChI=1S/C17H17N5OS/c1-10-7-8-18-15(9-10)22-14-6-4-5-13(21-14)16-11(2)19-17(24-16)20-12(3)23/h4-9H,1-3H3,(H,18,21,22)(H,19,20,23). The van der Waals surface area contributed by atoms with Crippen LogP contribution in [0, 0.1) is 13.8 Å². The molecular formula is C17H17N5OS. The summed E-state index contributed by atoms with van der Waals surface area (Å²) in [5, 5.41) is 6.50. The van der Waals surface area contributed by atoms with Crippen molar-refractivity contribution in [2.75, 3.05) is 10.6 Å². The number of aryl methyl sites for hydroxylation is 2. The summed E-state index contributed by atoms with van der Waals surface area (Å²) in [5.74, 6) is 1.32. The number of thiazole rings is 1. The lowest BCUT2D eigenvalue weighted by atomic mass is 10.2. The zero-order valence-electron chi connectivity index (χ0n) is 13.6. The van der Waals surface area contributed by atoms with Crippen molar-refractivity contribution in [2.24, 2.45) is 0 Å².